The van der Waals surface area contributed by atoms with E-state index in [0.717, 1.165) is 16.1 Å². The van der Waals surface area contributed by atoms with Crippen molar-refractivity contribution in [1.82, 2.24) is 4.98 Å². The lowest BCUT2D eigenvalue weighted by atomic mass is 9.98. The van der Waals surface area contributed by atoms with E-state index in [4.69, 9.17) is 13.9 Å². The summed E-state index contributed by atoms with van der Waals surface area (Å²) in [6.45, 7) is 6.57. The van der Waals surface area contributed by atoms with Crippen molar-refractivity contribution in [2.24, 2.45) is 0 Å². The number of carbonyl (C=O) groups excluding carboxylic acids is 1. The SMILES string of the molecule is CCOc1cc(C2c3c(oc4ccccc4c3=O)C(=O)N2c2nc(C)c(C)s2)ccc1OCc1ccccc1. The Labute approximate surface area is 229 Å². The van der Waals surface area contributed by atoms with Gasteiger partial charge in [-0.1, -0.05) is 48.5 Å². The van der Waals surface area contributed by atoms with E-state index in [0.29, 0.717) is 51.9 Å². The van der Waals surface area contributed by atoms with E-state index in [9.17, 15) is 9.59 Å². The van der Waals surface area contributed by atoms with Crippen LogP contribution in [0.1, 0.15) is 50.8 Å². The van der Waals surface area contributed by atoms with Gasteiger partial charge in [-0.2, -0.15) is 0 Å². The Morgan fingerprint density at radius 2 is 1.72 bits per heavy atom. The fourth-order valence-corrected chi connectivity index (χ4v) is 5.75. The minimum atomic E-state index is -0.735. The zero-order chi connectivity index (χ0) is 27.1. The molecule has 1 aliphatic rings. The fraction of sp³-hybridized carbons (Fsp3) is 0.194. The molecule has 0 aliphatic carbocycles. The van der Waals surface area contributed by atoms with Crippen LogP contribution in [0.5, 0.6) is 11.5 Å². The molecule has 2 aromatic heterocycles. The van der Waals surface area contributed by atoms with E-state index in [1.54, 1.807) is 29.2 Å². The first-order valence-corrected chi connectivity index (χ1v) is 13.5. The minimum absolute atomic E-state index is 0.0385. The molecule has 3 aromatic carbocycles. The average molecular weight is 539 g/mol. The third-order valence-electron chi connectivity index (χ3n) is 6.82. The normalized spacial score (nSPS) is 14.6. The number of benzene rings is 3. The number of para-hydroxylation sites is 1. The number of hydrogen-bond donors (Lipinski definition) is 0. The lowest BCUT2D eigenvalue weighted by molar-refractivity contribution is 0.0971. The summed E-state index contributed by atoms with van der Waals surface area (Å²) in [5.41, 5.74) is 3.00. The molecule has 1 aliphatic heterocycles. The van der Waals surface area contributed by atoms with Gasteiger partial charge in [-0.3, -0.25) is 14.5 Å². The maximum absolute atomic E-state index is 13.8. The summed E-state index contributed by atoms with van der Waals surface area (Å²) in [6, 6.07) is 21.7. The number of amides is 1. The molecule has 0 radical (unpaired) electrons. The van der Waals surface area contributed by atoms with Crippen LogP contribution in [0.25, 0.3) is 11.0 Å². The molecule has 1 amide bonds. The monoisotopic (exact) mass is 538 g/mol. The zero-order valence-electron chi connectivity index (χ0n) is 21.8. The van der Waals surface area contributed by atoms with Gasteiger partial charge in [0.05, 0.1) is 29.3 Å². The van der Waals surface area contributed by atoms with Crippen molar-refractivity contribution < 1.29 is 18.7 Å². The molecule has 0 saturated heterocycles. The van der Waals surface area contributed by atoms with Crippen LogP contribution >= 0.6 is 11.3 Å². The summed E-state index contributed by atoms with van der Waals surface area (Å²) in [5, 5.41) is 0.937. The molecule has 39 heavy (non-hydrogen) atoms. The van der Waals surface area contributed by atoms with Crippen molar-refractivity contribution in [1.29, 1.82) is 0 Å². The van der Waals surface area contributed by atoms with E-state index in [1.165, 1.54) is 11.3 Å². The van der Waals surface area contributed by atoms with E-state index >= 15 is 0 Å². The van der Waals surface area contributed by atoms with Crippen LogP contribution in [0.4, 0.5) is 5.13 Å². The molecule has 0 N–H and O–H groups in total. The Balaban J connectivity index is 1.49. The Hall–Kier alpha value is -4.43. The molecule has 5 aromatic rings. The molecule has 0 bridgehead atoms. The van der Waals surface area contributed by atoms with E-state index in [-0.39, 0.29) is 11.2 Å². The molecule has 6 rings (SSSR count). The number of aryl methyl sites for hydroxylation is 2. The number of nitrogens with zero attached hydrogens (tertiary/aromatic N) is 2. The van der Waals surface area contributed by atoms with Crippen LogP contribution in [0.3, 0.4) is 0 Å². The predicted octanol–water partition coefficient (Wildman–Crippen LogP) is 6.59. The molecule has 1 unspecified atom stereocenters. The summed E-state index contributed by atoms with van der Waals surface area (Å²) in [6.07, 6.45) is 0. The molecule has 0 fully saturated rings. The maximum atomic E-state index is 13.8. The van der Waals surface area contributed by atoms with Crippen LogP contribution in [-0.2, 0) is 6.61 Å². The highest BCUT2D eigenvalue weighted by Crippen LogP contribution is 2.44. The molecule has 7 nitrogen and oxygen atoms in total. The van der Waals surface area contributed by atoms with Crippen LogP contribution in [0.2, 0.25) is 0 Å². The van der Waals surface area contributed by atoms with Crippen LogP contribution in [0.15, 0.2) is 82.0 Å². The fourth-order valence-electron chi connectivity index (χ4n) is 4.81. The number of carbonyl (C=O) groups is 1. The van der Waals surface area contributed by atoms with Gasteiger partial charge in [0.2, 0.25) is 5.76 Å². The summed E-state index contributed by atoms with van der Waals surface area (Å²) >= 11 is 1.41. The Bertz CT molecular complexity index is 1740. The first-order chi connectivity index (χ1) is 19.0. The van der Waals surface area contributed by atoms with Crippen molar-refractivity contribution in [2.45, 2.75) is 33.4 Å². The van der Waals surface area contributed by atoms with Gasteiger partial charge in [0.1, 0.15) is 12.2 Å². The lowest BCUT2D eigenvalue weighted by Crippen LogP contribution is -2.29. The molecule has 0 saturated carbocycles. The van der Waals surface area contributed by atoms with Gasteiger partial charge in [0.15, 0.2) is 22.1 Å². The second kappa shape index (κ2) is 10.0. The number of anilines is 1. The topological polar surface area (TPSA) is 81.9 Å². The van der Waals surface area contributed by atoms with Crippen molar-refractivity contribution in [3.05, 3.63) is 116 Å². The highest BCUT2D eigenvalue weighted by molar-refractivity contribution is 7.15. The van der Waals surface area contributed by atoms with Crippen LogP contribution in [-0.4, -0.2) is 17.5 Å². The molecule has 8 heteroatoms. The number of hydrogen-bond acceptors (Lipinski definition) is 7. The van der Waals surface area contributed by atoms with Crippen LogP contribution < -0.4 is 19.8 Å². The average Bonchev–Trinajstić information content (AvgIpc) is 3.44. The molecular formula is C31H26N2O5S. The Morgan fingerprint density at radius 1 is 0.949 bits per heavy atom. The van der Waals surface area contributed by atoms with E-state index in [1.807, 2.05) is 69.3 Å². The van der Waals surface area contributed by atoms with Gasteiger partial charge in [-0.05, 0) is 56.2 Å². The highest BCUT2D eigenvalue weighted by atomic mass is 32.1. The third kappa shape index (κ3) is 4.36. The second-order valence-corrected chi connectivity index (χ2v) is 10.5. The smallest absolute Gasteiger partial charge is 0.297 e. The Kier molecular flexibility index (Phi) is 6.40. The maximum Gasteiger partial charge on any atom is 0.297 e. The zero-order valence-corrected chi connectivity index (χ0v) is 22.6. The third-order valence-corrected chi connectivity index (χ3v) is 7.89. The first kappa shape index (κ1) is 24.9. The summed E-state index contributed by atoms with van der Waals surface area (Å²) < 4.78 is 18.1. The van der Waals surface area contributed by atoms with Gasteiger partial charge >= 0.3 is 0 Å². The second-order valence-electron chi connectivity index (χ2n) is 9.30. The minimum Gasteiger partial charge on any atom is -0.490 e. The van der Waals surface area contributed by atoms with Crippen molar-refractivity contribution in [3.8, 4) is 11.5 Å². The van der Waals surface area contributed by atoms with Gasteiger partial charge < -0.3 is 13.9 Å². The molecule has 0 spiro atoms. The number of thiazole rings is 1. The number of ether oxygens (including phenoxy) is 2. The quantitative estimate of drug-likeness (QED) is 0.232. The highest BCUT2D eigenvalue weighted by Gasteiger charge is 2.45. The Morgan fingerprint density at radius 3 is 2.46 bits per heavy atom. The lowest BCUT2D eigenvalue weighted by Gasteiger charge is -2.23. The number of aromatic nitrogens is 1. The summed E-state index contributed by atoms with van der Waals surface area (Å²) in [7, 11) is 0. The molecule has 1 atom stereocenters. The summed E-state index contributed by atoms with van der Waals surface area (Å²) in [4.78, 5) is 34.9. The number of rotatable bonds is 7. The number of fused-ring (bicyclic) bond motifs is 2. The van der Waals surface area contributed by atoms with Crippen molar-refractivity contribution in [3.63, 3.8) is 0 Å². The standard InChI is InChI=1S/C31H26N2O5S/c1-4-36-25-16-21(14-15-24(25)37-17-20-10-6-5-7-11-20)27-26-28(34)22-12-8-9-13-23(22)38-29(26)30(35)33(27)31-32-18(2)19(3)39-31/h5-16,27H,4,17H2,1-3H3. The van der Waals surface area contributed by atoms with Gasteiger partial charge in [-0.15, -0.1) is 11.3 Å². The molecule has 3 heterocycles. The van der Waals surface area contributed by atoms with Gasteiger partial charge in [-0.25, -0.2) is 4.98 Å². The van der Waals surface area contributed by atoms with Gasteiger partial charge in [0.25, 0.3) is 5.91 Å². The predicted molar refractivity (Wildman–Crippen MR) is 151 cm³/mol. The summed E-state index contributed by atoms with van der Waals surface area (Å²) in [5.74, 6) is 0.751. The first-order valence-electron chi connectivity index (χ1n) is 12.7. The van der Waals surface area contributed by atoms with Gasteiger partial charge in [0, 0.05) is 4.88 Å². The van der Waals surface area contributed by atoms with Crippen molar-refractivity contribution in [2.75, 3.05) is 11.5 Å². The largest absolute Gasteiger partial charge is 0.490 e. The molecule has 196 valence electrons. The van der Waals surface area contributed by atoms with Crippen LogP contribution in [0, 0.1) is 13.8 Å². The van der Waals surface area contributed by atoms with Crippen molar-refractivity contribution >= 4 is 33.3 Å². The van der Waals surface area contributed by atoms with E-state index in [2.05, 4.69) is 4.98 Å². The van der Waals surface area contributed by atoms with E-state index < -0.39 is 11.9 Å². The molecular weight excluding hydrogens is 512 g/mol.